The van der Waals surface area contributed by atoms with Gasteiger partial charge in [0.15, 0.2) is 0 Å². The van der Waals surface area contributed by atoms with Crippen LogP contribution in [0.15, 0.2) is 19.7 Å². The average Bonchev–Trinajstić information content (AvgIpc) is 3.52. The molecule has 3 rings (SSSR count). The molecular weight excluding hydrogens is 636 g/mol. The van der Waals surface area contributed by atoms with Crippen LogP contribution in [0.25, 0.3) is 9.75 Å². The van der Waals surface area contributed by atoms with Gasteiger partial charge < -0.3 is 0 Å². The standard InChI is InChI=1S/C32H52Br2S2Si/c1-3-5-7-9-11-13-15-17-19-21-23-37(24-22-20-18-16-14-12-10-8-6-4-2)27-25-29(33)35-31(27)32-28(37)26-30(34)36-32/h25-26H,3-24H2,1-2H3. The summed E-state index contributed by atoms with van der Waals surface area (Å²) in [5, 5.41) is 3.56. The second-order valence-corrected chi connectivity index (χ2v) is 20.6. The molecule has 1 aliphatic rings. The number of fused-ring (bicyclic) bond motifs is 3. The number of hydrogen-bond donors (Lipinski definition) is 0. The van der Waals surface area contributed by atoms with Gasteiger partial charge in [0.2, 0.25) is 0 Å². The zero-order chi connectivity index (χ0) is 26.3. The van der Waals surface area contributed by atoms with Crippen LogP contribution in [0.5, 0.6) is 0 Å². The fourth-order valence-corrected chi connectivity index (χ4v) is 17.1. The summed E-state index contributed by atoms with van der Waals surface area (Å²) in [6.07, 6.45) is 28.7. The van der Waals surface area contributed by atoms with Crippen LogP contribution < -0.4 is 10.4 Å². The lowest BCUT2D eigenvalue weighted by Crippen LogP contribution is -2.54. The summed E-state index contributed by atoms with van der Waals surface area (Å²) in [4.78, 5) is 3.23. The second kappa shape index (κ2) is 18.1. The maximum atomic E-state index is 3.87. The van der Waals surface area contributed by atoms with E-state index < -0.39 is 8.07 Å². The first-order chi connectivity index (χ1) is 18.1. The molecular formula is C32H52Br2S2Si. The Hall–Kier alpha value is 0.577. The summed E-state index contributed by atoms with van der Waals surface area (Å²) in [6.45, 7) is 4.62. The van der Waals surface area contributed by atoms with Crippen LogP contribution in [-0.4, -0.2) is 8.07 Å². The Morgan fingerprint density at radius 1 is 0.486 bits per heavy atom. The largest absolute Gasteiger partial charge is 0.127 e. The fraction of sp³-hybridized carbons (Fsp3) is 0.750. The molecule has 37 heavy (non-hydrogen) atoms. The Morgan fingerprint density at radius 3 is 1.11 bits per heavy atom. The lowest BCUT2D eigenvalue weighted by atomic mass is 10.1. The van der Waals surface area contributed by atoms with Crippen molar-refractivity contribution in [2.45, 2.75) is 154 Å². The van der Waals surface area contributed by atoms with Gasteiger partial charge in [-0.2, -0.15) is 0 Å². The highest BCUT2D eigenvalue weighted by molar-refractivity contribution is 9.11. The zero-order valence-corrected chi connectivity index (χ0v) is 29.6. The molecule has 0 aliphatic carbocycles. The van der Waals surface area contributed by atoms with Crippen molar-refractivity contribution in [1.82, 2.24) is 0 Å². The summed E-state index contributed by atoms with van der Waals surface area (Å²) in [7, 11) is -1.65. The summed E-state index contributed by atoms with van der Waals surface area (Å²) in [6, 6.07) is 8.01. The van der Waals surface area contributed by atoms with E-state index in [-0.39, 0.29) is 0 Å². The van der Waals surface area contributed by atoms with Crippen molar-refractivity contribution in [2.24, 2.45) is 0 Å². The summed E-state index contributed by atoms with van der Waals surface area (Å²) >= 11 is 11.7. The molecule has 5 heteroatoms. The lowest BCUT2D eigenvalue weighted by molar-refractivity contribution is 0.559. The van der Waals surface area contributed by atoms with Gasteiger partial charge in [-0.15, -0.1) is 22.7 Å². The van der Waals surface area contributed by atoms with Gasteiger partial charge in [0.1, 0.15) is 8.07 Å². The normalized spacial score (nSPS) is 13.8. The summed E-state index contributed by atoms with van der Waals surface area (Å²) in [5.74, 6) is 0. The second-order valence-electron chi connectivity index (χ2n) is 11.5. The number of halogens is 2. The van der Waals surface area contributed by atoms with Gasteiger partial charge in [-0.05, 0) is 66.5 Å². The molecule has 1 aliphatic heterocycles. The Balaban J connectivity index is 1.50. The molecule has 0 amide bonds. The monoisotopic (exact) mass is 686 g/mol. The van der Waals surface area contributed by atoms with Gasteiger partial charge in [-0.1, -0.05) is 142 Å². The Kier molecular flexibility index (Phi) is 15.7. The molecule has 0 N–H and O–H groups in total. The highest BCUT2D eigenvalue weighted by Gasteiger charge is 2.47. The Labute approximate surface area is 255 Å². The molecule has 0 saturated heterocycles. The van der Waals surface area contributed by atoms with Crippen molar-refractivity contribution in [1.29, 1.82) is 0 Å². The molecule has 210 valence electrons. The van der Waals surface area contributed by atoms with Crippen molar-refractivity contribution < 1.29 is 0 Å². The van der Waals surface area contributed by atoms with Crippen LogP contribution in [0.3, 0.4) is 0 Å². The predicted molar refractivity (Wildman–Crippen MR) is 181 cm³/mol. The molecule has 0 unspecified atom stereocenters. The highest BCUT2D eigenvalue weighted by atomic mass is 79.9. The molecule has 3 heterocycles. The third kappa shape index (κ3) is 9.87. The van der Waals surface area contributed by atoms with Crippen LogP contribution in [0.4, 0.5) is 0 Å². The van der Waals surface area contributed by atoms with Gasteiger partial charge >= 0.3 is 0 Å². The van der Waals surface area contributed by atoms with Crippen LogP contribution in [0, 0.1) is 0 Å². The molecule has 0 saturated carbocycles. The number of rotatable bonds is 22. The van der Waals surface area contributed by atoms with E-state index in [1.165, 1.54) is 148 Å². The Morgan fingerprint density at radius 2 is 0.784 bits per heavy atom. The van der Waals surface area contributed by atoms with Crippen molar-refractivity contribution in [3.8, 4) is 9.75 Å². The van der Waals surface area contributed by atoms with Crippen molar-refractivity contribution in [2.75, 3.05) is 0 Å². The first kappa shape index (κ1) is 32.1. The minimum atomic E-state index is -1.65. The maximum Gasteiger partial charge on any atom is 0.122 e. The van der Waals surface area contributed by atoms with E-state index >= 15 is 0 Å². The lowest BCUT2D eigenvalue weighted by Gasteiger charge is -2.29. The first-order valence-electron chi connectivity index (χ1n) is 15.7. The van der Waals surface area contributed by atoms with E-state index in [4.69, 9.17) is 0 Å². The number of hydrogen-bond acceptors (Lipinski definition) is 2. The van der Waals surface area contributed by atoms with E-state index in [1.54, 1.807) is 20.1 Å². The van der Waals surface area contributed by atoms with Crippen LogP contribution in [-0.2, 0) is 0 Å². The van der Waals surface area contributed by atoms with E-state index in [9.17, 15) is 0 Å². The van der Waals surface area contributed by atoms with Crippen LogP contribution >= 0.6 is 54.5 Å². The maximum absolute atomic E-state index is 3.87. The average molecular weight is 689 g/mol. The zero-order valence-electron chi connectivity index (χ0n) is 23.8. The van der Waals surface area contributed by atoms with Crippen LogP contribution in [0.2, 0.25) is 12.1 Å². The van der Waals surface area contributed by atoms with E-state index in [0.29, 0.717) is 0 Å². The number of unbranched alkanes of at least 4 members (excludes halogenated alkanes) is 18. The van der Waals surface area contributed by atoms with Gasteiger partial charge in [0.05, 0.1) is 7.57 Å². The minimum absolute atomic E-state index is 1.34. The quantitative estimate of drug-likeness (QED) is 0.0853. The van der Waals surface area contributed by atoms with Gasteiger partial charge in [-0.25, -0.2) is 0 Å². The fourth-order valence-electron chi connectivity index (χ4n) is 6.41. The third-order valence-corrected chi connectivity index (χ3v) is 17.6. The van der Waals surface area contributed by atoms with E-state index in [1.807, 2.05) is 22.7 Å². The van der Waals surface area contributed by atoms with E-state index in [0.717, 1.165) is 0 Å². The van der Waals surface area contributed by atoms with Gasteiger partial charge in [0.25, 0.3) is 0 Å². The van der Waals surface area contributed by atoms with Crippen molar-refractivity contribution >= 4 is 73.0 Å². The van der Waals surface area contributed by atoms with Gasteiger partial charge in [0, 0.05) is 9.75 Å². The summed E-state index contributed by atoms with van der Waals surface area (Å²) in [5.41, 5.74) is 0. The van der Waals surface area contributed by atoms with Gasteiger partial charge in [-0.3, -0.25) is 0 Å². The highest BCUT2D eigenvalue weighted by Crippen LogP contribution is 2.45. The summed E-state index contributed by atoms with van der Waals surface area (Å²) < 4.78 is 2.69. The molecule has 0 nitrogen and oxygen atoms in total. The molecule has 0 bridgehead atoms. The third-order valence-electron chi connectivity index (χ3n) is 8.56. The molecule has 0 radical (unpaired) electrons. The molecule has 2 aromatic rings. The molecule has 0 fully saturated rings. The SMILES string of the molecule is CCCCCCCCCCCC[Si]1(CCCCCCCCCCCC)c2cc(Br)sc2-c2sc(Br)cc21. The Bertz CT molecular complexity index is 815. The van der Waals surface area contributed by atoms with E-state index in [2.05, 4.69) is 57.8 Å². The van der Waals surface area contributed by atoms with Crippen molar-refractivity contribution in [3.63, 3.8) is 0 Å². The molecule has 0 spiro atoms. The topological polar surface area (TPSA) is 0 Å². The minimum Gasteiger partial charge on any atom is -0.127 e. The molecule has 2 aromatic heterocycles. The first-order valence-corrected chi connectivity index (χ1v) is 21.4. The molecule has 0 aromatic carbocycles. The van der Waals surface area contributed by atoms with Crippen LogP contribution in [0.1, 0.15) is 142 Å². The molecule has 0 atom stereocenters. The predicted octanol–water partition coefficient (Wildman–Crippen LogP) is 12.7. The smallest absolute Gasteiger partial charge is 0.122 e. The van der Waals surface area contributed by atoms with Crippen molar-refractivity contribution in [3.05, 3.63) is 19.7 Å². The number of thiophene rings is 2.